The fourth-order valence-corrected chi connectivity index (χ4v) is 3.50. The van der Waals surface area contributed by atoms with Crippen LogP contribution in [0.2, 0.25) is 0 Å². The second kappa shape index (κ2) is 4.79. The Labute approximate surface area is 109 Å². The molecule has 1 heterocycles. The van der Waals surface area contributed by atoms with Crippen molar-refractivity contribution in [3.8, 4) is 0 Å². The molecule has 0 spiro atoms. The molecule has 1 unspecified atom stereocenters. The maximum absolute atomic E-state index is 12.7. The number of fused-ring (bicyclic) bond motifs is 1. The summed E-state index contributed by atoms with van der Waals surface area (Å²) in [7, 11) is -3.70. The number of hydrogen-bond acceptors (Lipinski definition) is 2. The summed E-state index contributed by atoms with van der Waals surface area (Å²) < 4.78 is 64.3. The van der Waals surface area contributed by atoms with Gasteiger partial charge in [-0.1, -0.05) is 13.3 Å². The van der Waals surface area contributed by atoms with Gasteiger partial charge in [0.1, 0.15) is 0 Å². The molecule has 0 aliphatic carbocycles. The van der Waals surface area contributed by atoms with Gasteiger partial charge in [0.25, 0.3) is 0 Å². The van der Waals surface area contributed by atoms with Gasteiger partial charge in [-0.15, -0.1) is 0 Å². The topological polar surface area (TPSA) is 46.2 Å². The quantitative estimate of drug-likeness (QED) is 0.865. The zero-order chi connectivity index (χ0) is 14.3. The lowest BCUT2D eigenvalue weighted by Gasteiger charge is -2.12. The SMILES string of the molecule is CCC1CNS(=O)(=O)c2ccc(C(F)(F)F)cc2C1. The summed E-state index contributed by atoms with van der Waals surface area (Å²) in [5.74, 6) is 0.0134. The second-order valence-electron chi connectivity index (χ2n) is 4.65. The molecule has 0 radical (unpaired) electrons. The average molecular weight is 293 g/mol. The molecule has 1 N–H and O–H groups in total. The van der Waals surface area contributed by atoms with Gasteiger partial charge < -0.3 is 0 Å². The highest BCUT2D eigenvalue weighted by atomic mass is 32.2. The highest BCUT2D eigenvalue weighted by molar-refractivity contribution is 7.89. The van der Waals surface area contributed by atoms with E-state index in [1.807, 2.05) is 6.92 Å². The number of rotatable bonds is 1. The Morgan fingerprint density at radius 3 is 2.63 bits per heavy atom. The van der Waals surface area contributed by atoms with Gasteiger partial charge in [-0.2, -0.15) is 13.2 Å². The molecule has 1 aromatic carbocycles. The Morgan fingerprint density at radius 2 is 2.05 bits per heavy atom. The predicted octanol–water partition coefficient (Wildman–Crippen LogP) is 2.57. The van der Waals surface area contributed by atoms with Crippen LogP contribution in [0.5, 0.6) is 0 Å². The van der Waals surface area contributed by atoms with E-state index in [0.717, 1.165) is 18.2 Å². The lowest BCUT2D eigenvalue weighted by Crippen LogP contribution is -2.26. The first-order chi connectivity index (χ1) is 8.74. The van der Waals surface area contributed by atoms with E-state index in [1.165, 1.54) is 0 Å². The molecule has 1 atom stereocenters. The summed E-state index contributed by atoms with van der Waals surface area (Å²) >= 11 is 0. The predicted molar refractivity (Wildman–Crippen MR) is 64.1 cm³/mol. The van der Waals surface area contributed by atoms with Gasteiger partial charge in [0.15, 0.2) is 0 Å². The number of nitrogens with one attached hydrogen (secondary N) is 1. The van der Waals surface area contributed by atoms with E-state index in [2.05, 4.69) is 4.72 Å². The molecule has 106 valence electrons. The third-order valence-corrected chi connectivity index (χ3v) is 4.85. The maximum atomic E-state index is 12.7. The highest BCUT2D eigenvalue weighted by Gasteiger charge is 2.33. The van der Waals surface area contributed by atoms with Crippen LogP contribution < -0.4 is 4.72 Å². The van der Waals surface area contributed by atoms with Crippen LogP contribution in [-0.2, 0) is 22.6 Å². The van der Waals surface area contributed by atoms with Crippen molar-refractivity contribution in [2.75, 3.05) is 6.54 Å². The molecule has 0 saturated carbocycles. The van der Waals surface area contributed by atoms with E-state index in [1.54, 1.807) is 0 Å². The lowest BCUT2D eigenvalue weighted by molar-refractivity contribution is -0.137. The average Bonchev–Trinajstić information content (AvgIpc) is 2.44. The summed E-state index contributed by atoms with van der Waals surface area (Å²) in [6.45, 7) is 2.15. The molecule has 3 nitrogen and oxygen atoms in total. The summed E-state index contributed by atoms with van der Waals surface area (Å²) in [5, 5.41) is 0. The van der Waals surface area contributed by atoms with Crippen molar-refractivity contribution >= 4 is 10.0 Å². The van der Waals surface area contributed by atoms with Crippen LogP contribution >= 0.6 is 0 Å². The number of hydrogen-bond donors (Lipinski definition) is 1. The third kappa shape index (κ3) is 2.92. The fourth-order valence-electron chi connectivity index (χ4n) is 2.15. The first kappa shape index (κ1) is 14.3. The second-order valence-corrected chi connectivity index (χ2v) is 6.39. The fraction of sp³-hybridized carbons (Fsp3) is 0.500. The zero-order valence-electron chi connectivity index (χ0n) is 10.3. The molecule has 0 aromatic heterocycles. The van der Waals surface area contributed by atoms with E-state index in [4.69, 9.17) is 0 Å². The molecule has 19 heavy (non-hydrogen) atoms. The van der Waals surface area contributed by atoms with E-state index in [9.17, 15) is 21.6 Å². The summed E-state index contributed by atoms with van der Waals surface area (Å²) in [5.41, 5.74) is -0.565. The number of benzene rings is 1. The first-order valence-corrected chi connectivity index (χ1v) is 7.42. The standard InChI is InChI=1S/C12H14F3NO2S/c1-2-8-5-9-6-10(12(13,14)15)3-4-11(9)19(17,18)16-7-8/h3-4,6,8,16H,2,5,7H2,1H3. The smallest absolute Gasteiger partial charge is 0.211 e. The van der Waals surface area contributed by atoms with Crippen molar-refractivity contribution in [3.05, 3.63) is 29.3 Å². The Morgan fingerprint density at radius 1 is 1.37 bits per heavy atom. The monoisotopic (exact) mass is 293 g/mol. The molecular formula is C12H14F3NO2S. The van der Waals surface area contributed by atoms with Crippen molar-refractivity contribution in [1.29, 1.82) is 0 Å². The van der Waals surface area contributed by atoms with Crippen molar-refractivity contribution < 1.29 is 21.6 Å². The van der Waals surface area contributed by atoms with Crippen LogP contribution in [0.1, 0.15) is 24.5 Å². The van der Waals surface area contributed by atoms with Gasteiger partial charge in [-0.25, -0.2) is 13.1 Å². The molecular weight excluding hydrogens is 279 g/mol. The van der Waals surface area contributed by atoms with E-state index in [0.29, 0.717) is 12.8 Å². The van der Waals surface area contributed by atoms with E-state index < -0.39 is 21.8 Å². The number of alkyl halides is 3. The van der Waals surface area contributed by atoms with Crippen LogP contribution in [0.25, 0.3) is 0 Å². The Hall–Kier alpha value is -1.08. The maximum Gasteiger partial charge on any atom is 0.416 e. The Bertz CT molecular complexity index is 581. The largest absolute Gasteiger partial charge is 0.416 e. The van der Waals surface area contributed by atoms with Gasteiger partial charge in [0, 0.05) is 6.54 Å². The minimum absolute atomic E-state index is 0.0134. The van der Waals surface area contributed by atoms with Crippen LogP contribution in [-0.4, -0.2) is 15.0 Å². The summed E-state index contributed by atoms with van der Waals surface area (Å²) in [6, 6.07) is 2.80. The molecule has 1 aliphatic heterocycles. The summed E-state index contributed by atoms with van der Waals surface area (Å²) in [6.07, 6.45) is -3.42. The first-order valence-electron chi connectivity index (χ1n) is 5.94. The van der Waals surface area contributed by atoms with Crippen LogP contribution in [0.15, 0.2) is 23.1 Å². The highest BCUT2D eigenvalue weighted by Crippen LogP contribution is 2.33. The van der Waals surface area contributed by atoms with Gasteiger partial charge >= 0.3 is 6.18 Å². The lowest BCUT2D eigenvalue weighted by atomic mass is 9.96. The van der Waals surface area contributed by atoms with Gasteiger partial charge in [0.2, 0.25) is 10.0 Å². The zero-order valence-corrected chi connectivity index (χ0v) is 11.1. The van der Waals surface area contributed by atoms with Crippen molar-refractivity contribution in [1.82, 2.24) is 4.72 Å². The molecule has 1 aromatic rings. The Kier molecular flexibility index (Phi) is 3.61. The van der Waals surface area contributed by atoms with Crippen LogP contribution in [0.3, 0.4) is 0 Å². The molecule has 0 saturated heterocycles. The van der Waals surface area contributed by atoms with Crippen molar-refractivity contribution in [3.63, 3.8) is 0 Å². The minimum atomic E-state index is -4.46. The van der Waals surface area contributed by atoms with Crippen LogP contribution in [0.4, 0.5) is 13.2 Å². The van der Waals surface area contributed by atoms with Crippen molar-refractivity contribution in [2.24, 2.45) is 5.92 Å². The number of sulfonamides is 1. The third-order valence-electron chi connectivity index (χ3n) is 3.33. The molecule has 1 aliphatic rings. The Balaban J connectivity index is 2.55. The number of halogens is 3. The molecule has 0 bridgehead atoms. The van der Waals surface area contributed by atoms with Gasteiger partial charge in [0.05, 0.1) is 10.5 Å². The minimum Gasteiger partial charge on any atom is -0.211 e. The molecule has 2 rings (SSSR count). The van der Waals surface area contributed by atoms with E-state index in [-0.39, 0.29) is 22.9 Å². The van der Waals surface area contributed by atoms with Crippen LogP contribution in [0, 0.1) is 5.92 Å². The molecule has 0 fully saturated rings. The molecule has 0 amide bonds. The van der Waals surface area contributed by atoms with Crippen molar-refractivity contribution in [2.45, 2.75) is 30.8 Å². The van der Waals surface area contributed by atoms with Gasteiger partial charge in [-0.05, 0) is 36.1 Å². The van der Waals surface area contributed by atoms with E-state index >= 15 is 0 Å². The molecule has 7 heteroatoms. The normalized spacial score (nSPS) is 22.6. The summed E-state index contributed by atoms with van der Waals surface area (Å²) in [4.78, 5) is -0.0450. The van der Waals surface area contributed by atoms with Gasteiger partial charge in [-0.3, -0.25) is 0 Å².